The molecule has 6 nitrogen and oxygen atoms in total. The van der Waals surface area contributed by atoms with Gasteiger partial charge in [-0.25, -0.2) is 0 Å². The SMILES string of the molecule is COc1ccc(CCNC(=O)[C@]2(C)CCC(=O)N2CCC(C)C)cc1OC. The molecule has 1 fully saturated rings. The van der Waals surface area contributed by atoms with Crippen molar-refractivity contribution < 1.29 is 19.1 Å². The molecule has 27 heavy (non-hydrogen) atoms. The number of ether oxygens (including phenoxy) is 2. The van der Waals surface area contributed by atoms with Crippen molar-refractivity contribution in [1.82, 2.24) is 10.2 Å². The first-order valence-electron chi connectivity index (χ1n) is 9.61. The minimum atomic E-state index is -0.746. The second kappa shape index (κ2) is 9.11. The first kappa shape index (κ1) is 21.1. The second-order valence-electron chi connectivity index (χ2n) is 7.70. The van der Waals surface area contributed by atoms with Gasteiger partial charge in [-0.05, 0) is 49.8 Å². The third kappa shape index (κ3) is 4.93. The lowest BCUT2D eigenvalue weighted by atomic mass is 9.96. The number of nitrogens with zero attached hydrogens (tertiary/aromatic N) is 1. The normalized spacial score (nSPS) is 19.5. The van der Waals surface area contributed by atoms with Crippen LogP contribution >= 0.6 is 0 Å². The molecule has 1 N–H and O–H groups in total. The summed E-state index contributed by atoms with van der Waals surface area (Å²) in [4.78, 5) is 26.8. The molecule has 0 bridgehead atoms. The van der Waals surface area contributed by atoms with Crippen molar-refractivity contribution in [1.29, 1.82) is 0 Å². The molecule has 1 aromatic rings. The summed E-state index contributed by atoms with van der Waals surface area (Å²) in [6.45, 7) is 7.28. The predicted molar refractivity (Wildman–Crippen MR) is 105 cm³/mol. The van der Waals surface area contributed by atoms with Crippen LogP contribution in [0.25, 0.3) is 0 Å². The zero-order valence-electron chi connectivity index (χ0n) is 17.1. The number of benzene rings is 1. The Labute approximate surface area is 162 Å². The number of likely N-dealkylation sites (tertiary alicyclic amines) is 1. The van der Waals surface area contributed by atoms with Crippen LogP contribution < -0.4 is 14.8 Å². The molecule has 0 aromatic heterocycles. The van der Waals surface area contributed by atoms with E-state index < -0.39 is 5.54 Å². The predicted octanol–water partition coefficient (Wildman–Crippen LogP) is 2.79. The highest BCUT2D eigenvalue weighted by molar-refractivity contribution is 5.94. The number of nitrogens with one attached hydrogen (secondary N) is 1. The van der Waals surface area contributed by atoms with E-state index in [9.17, 15) is 9.59 Å². The van der Waals surface area contributed by atoms with E-state index in [1.807, 2.05) is 25.1 Å². The highest BCUT2D eigenvalue weighted by Crippen LogP contribution is 2.31. The van der Waals surface area contributed by atoms with Crippen molar-refractivity contribution in [3.63, 3.8) is 0 Å². The maximum absolute atomic E-state index is 12.8. The van der Waals surface area contributed by atoms with E-state index >= 15 is 0 Å². The molecule has 0 aliphatic carbocycles. The molecule has 6 heteroatoms. The zero-order valence-corrected chi connectivity index (χ0v) is 17.1. The van der Waals surface area contributed by atoms with Gasteiger partial charge in [-0.3, -0.25) is 9.59 Å². The summed E-state index contributed by atoms with van der Waals surface area (Å²) in [5.74, 6) is 1.86. The van der Waals surface area contributed by atoms with Crippen LogP contribution in [0.5, 0.6) is 11.5 Å². The van der Waals surface area contributed by atoms with E-state index in [4.69, 9.17) is 9.47 Å². The Bertz CT molecular complexity index is 674. The molecule has 2 amide bonds. The van der Waals surface area contributed by atoms with Gasteiger partial charge in [-0.1, -0.05) is 19.9 Å². The summed E-state index contributed by atoms with van der Waals surface area (Å²) in [7, 11) is 3.21. The van der Waals surface area contributed by atoms with Gasteiger partial charge >= 0.3 is 0 Å². The molecule has 1 atom stereocenters. The van der Waals surface area contributed by atoms with E-state index in [1.165, 1.54) is 0 Å². The smallest absolute Gasteiger partial charge is 0.245 e. The molecule has 0 saturated carbocycles. The molecule has 0 unspecified atom stereocenters. The van der Waals surface area contributed by atoms with Crippen LogP contribution in [0.2, 0.25) is 0 Å². The van der Waals surface area contributed by atoms with Crippen LogP contribution in [0, 0.1) is 5.92 Å². The van der Waals surface area contributed by atoms with Gasteiger partial charge in [0.1, 0.15) is 5.54 Å². The maximum Gasteiger partial charge on any atom is 0.245 e. The number of hydrogen-bond acceptors (Lipinski definition) is 4. The minimum absolute atomic E-state index is 0.0717. The third-order valence-electron chi connectivity index (χ3n) is 5.29. The lowest BCUT2D eigenvalue weighted by Crippen LogP contribution is -2.55. The standard InChI is InChI=1S/C21H32N2O4/c1-15(2)10-13-23-19(24)8-11-21(23,3)20(25)22-12-9-16-6-7-17(26-4)18(14-16)27-5/h6-7,14-15H,8-13H2,1-5H3,(H,22,25)/t21-/m0/s1. The van der Waals surface area contributed by atoms with Crippen molar-refractivity contribution in [3.05, 3.63) is 23.8 Å². The summed E-state index contributed by atoms with van der Waals surface area (Å²) in [5, 5.41) is 3.01. The molecule has 0 radical (unpaired) electrons. The molecule has 1 aromatic carbocycles. The first-order valence-corrected chi connectivity index (χ1v) is 9.61. The van der Waals surface area contributed by atoms with Gasteiger partial charge in [0.2, 0.25) is 11.8 Å². The highest BCUT2D eigenvalue weighted by atomic mass is 16.5. The van der Waals surface area contributed by atoms with Crippen LogP contribution in [0.1, 0.15) is 45.6 Å². The molecular weight excluding hydrogens is 344 g/mol. The monoisotopic (exact) mass is 376 g/mol. The summed E-state index contributed by atoms with van der Waals surface area (Å²) >= 11 is 0. The average Bonchev–Trinajstić information content (AvgIpc) is 2.95. The highest BCUT2D eigenvalue weighted by Gasteiger charge is 2.46. The quantitative estimate of drug-likeness (QED) is 0.720. The minimum Gasteiger partial charge on any atom is -0.493 e. The van der Waals surface area contributed by atoms with Crippen molar-refractivity contribution in [2.75, 3.05) is 27.3 Å². The van der Waals surface area contributed by atoms with E-state index in [2.05, 4.69) is 19.2 Å². The Hall–Kier alpha value is -2.24. The van der Waals surface area contributed by atoms with Gasteiger partial charge in [0.25, 0.3) is 0 Å². The number of carbonyl (C=O) groups is 2. The van der Waals surface area contributed by atoms with Crippen molar-refractivity contribution in [3.8, 4) is 11.5 Å². The van der Waals surface area contributed by atoms with Gasteiger partial charge in [0, 0.05) is 19.5 Å². The second-order valence-corrected chi connectivity index (χ2v) is 7.70. The Morgan fingerprint density at radius 2 is 1.96 bits per heavy atom. The maximum atomic E-state index is 12.8. The van der Waals surface area contributed by atoms with Crippen molar-refractivity contribution in [2.45, 2.75) is 52.0 Å². The Morgan fingerprint density at radius 3 is 2.59 bits per heavy atom. The lowest BCUT2D eigenvalue weighted by Gasteiger charge is -2.34. The van der Waals surface area contributed by atoms with Gasteiger partial charge in [-0.2, -0.15) is 0 Å². The van der Waals surface area contributed by atoms with Gasteiger partial charge in [0.05, 0.1) is 14.2 Å². The van der Waals surface area contributed by atoms with Crippen LogP contribution in [-0.4, -0.2) is 49.6 Å². The van der Waals surface area contributed by atoms with E-state index in [1.54, 1.807) is 19.1 Å². The molecule has 150 valence electrons. The van der Waals surface area contributed by atoms with Gasteiger partial charge in [-0.15, -0.1) is 0 Å². The van der Waals surface area contributed by atoms with Crippen LogP contribution in [-0.2, 0) is 16.0 Å². The molecular formula is C21H32N2O4. The number of methoxy groups -OCH3 is 2. The molecule has 1 saturated heterocycles. The third-order valence-corrected chi connectivity index (χ3v) is 5.29. The largest absolute Gasteiger partial charge is 0.493 e. The van der Waals surface area contributed by atoms with Gasteiger partial charge < -0.3 is 19.7 Å². The molecule has 1 aliphatic rings. The first-order chi connectivity index (χ1) is 12.8. The van der Waals surface area contributed by atoms with E-state index in [0.717, 1.165) is 12.0 Å². The van der Waals surface area contributed by atoms with Gasteiger partial charge in [0.15, 0.2) is 11.5 Å². The fraction of sp³-hybridized carbons (Fsp3) is 0.619. The Morgan fingerprint density at radius 1 is 1.26 bits per heavy atom. The van der Waals surface area contributed by atoms with Crippen LogP contribution in [0.4, 0.5) is 0 Å². The Kier molecular flexibility index (Phi) is 7.11. The van der Waals surface area contributed by atoms with E-state index in [0.29, 0.717) is 49.8 Å². The number of rotatable bonds is 9. The molecule has 2 rings (SSSR count). The number of amides is 2. The topological polar surface area (TPSA) is 67.9 Å². The number of hydrogen-bond donors (Lipinski definition) is 1. The average molecular weight is 376 g/mol. The summed E-state index contributed by atoms with van der Waals surface area (Å²) in [5.41, 5.74) is 0.307. The molecule has 0 spiro atoms. The number of carbonyl (C=O) groups excluding carboxylic acids is 2. The van der Waals surface area contributed by atoms with Crippen molar-refractivity contribution >= 4 is 11.8 Å². The van der Waals surface area contributed by atoms with E-state index in [-0.39, 0.29) is 11.8 Å². The van der Waals surface area contributed by atoms with Crippen LogP contribution in [0.15, 0.2) is 18.2 Å². The molecule has 1 aliphatic heterocycles. The Balaban J connectivity index is 1.95. The molecule has 1 heterocycles. The lowest BCUT2D eigenvalue weighted by molar-refractivity contribution is -0.140. The summed E-state index contributed by atoms with van der Waals surface area (Å²) in [6, 6.07) is 5.74. The fourth-order valence-corrected chi connectivity index (χ4v) is 3.44. The zero-order chi connectivity index (χ0) is 20.0. The van der Waals surface area contributed by atoms with Crippen molar-refractivity contribution in [2.24, 2.45) is 5.92 Å². The summed E-state index contributed by atoms with van der Waals surface area (Å²) < 4.78 is 10.6. The summed E-state index contributed by atoms with van der Waals surface area (Å²) in [6.07, 6.45) is 2.60. The van der Waals surface area contributed by atoms with Crippen LogP contribution in [0.3, 0.4) is 0 Å². The fourth-order valence-electron chi connectivity index (χ4n) is 3.44.